The highest BCUT2D eigenvalue weighted by atomic mass is 35.5. The monoisotopic (exact) mass is 361 g/mol. The number of nitrogens with zero attached hydrogens (tertiary/aromatic N) is 1. The summed E-state index contributed by atoms with van der Waals surface area (Å²) in [4.78, 5) is 28.6. The number of ether oxygens (including phenoxy) is 1. The second kappa shape index (κ2) is 8.60. The Morgan fingerprint density at radius 1 is 1.16 bits per heavy atom. The van der Waals surface area contributed by atoms with Gasteiger partial charge in [-0.3, -0.25) is 9.59 Å². The Hall–Kier alpha value is -2.44. The number of anilines is 1. The maximum Gasteiger partial charge on any atom is 0.274 e. The van der Waals surface area contributed by atoms with Crippen molar-refractivity contribution in [2.24, 2.45) is 0 Å². The number of hydrogen-bond donors (Lipinski definition) is 2. The Bertz CT molecular complexity index is 770. The lowest BCUT2D eigenvalue weighted by Gasteiger charge is -2.11. The average Bonchev–Trinajstić information content (AvgIpc) is 2.58. The van der Waals surface area contributed by atoms with Crippen LogP contribution in [0.3, 0.4) is 0 Å². The molecule has 2 rings (SSSR count). The molecule has 0 fully saturated rings. The minimum atomic E-state index is -0.430. The Balaban J connectivity index is 2.15. The van der Waals surface area contributed by atoms with Crippen LogP contribution in [0, 0.1) is 13.8 Å². The number of methoxy groups -OCH3 is 1. The molecule has 2 aromatic rings. The largest absolute Gasteiger partial charge is 0.383 e. The Morgan fingerprint density at radius 2 is 1.84 bits per heavy atom. The van der Waals surface area contributed by atoms with Crippen molar-refractivity contribution in [1.29, 1.82) is 0 Å². The molecule has 7 heteroatoms. The Kier molecular flexibility index (Phi) is 6.50. The number of carbonyl (C=O) groups excluding carboxylic acids is 2. The summed E-state index contributed by atoms with van der Waals surface area (Å²) in [7, 11) is 1.55. The van der Waals surface area contributed by atoms with Crippen LogP contribution < -0.4 is 10.6 Å². The quantitative estimate of drug-likeness (QED) is 0.775. The fourth-order valence-corrected chi connectivity index (χ4v) is 2.66. The van der Waals surface area contributed by atoms with E-state index >= 15 is 0 Å². The highest BCUT2D eigenvalue weighted by molar-refractivity contribution is 6.34. The predicted octanol–water partition coefficient (Wildman–Crippen LogP) is 2.98. The van der Waals surface area contributed by atoms with Gasteiger partial charge in [-0.25, -0.2) is 4.98 Å². The third kappa shape index (κ3) is 5.01. The van der Waals surface area contributed by atoms with E-state index in [-0.39, 0.29) is 17.3 Å². The molecule has 0 saturated carbocycles. The molecule has 2 N–H and O–H groups in total. The summed E-state index contributed by atoms with van der Waals surface area (Å²) >= 11 is 6.21. The molecule has 1 aromatic carbocycles. The molecule has 0 spiro atoms. The maximum atomic E-state index is 12.5. The molecule has 0 aliphatic carbocycles. The SMILES string of the molecule is COCCNC(=O)c1cccc(C(=O)Nc2c(C)cc(C)cc2Cl)n1. The van der Waals surface area contributed by atoms with Gasteiger partial charge in [0.2, 0.25) is 0 Å². The van der Waals surface area contributed by atoms with Crippen LogP contribution in [0.4, 0.5) is 5.69 Å². The lowest BCUT2D eigenvalue weighted by Crippen LogP contribution is -2.28. The molecule has 1 aromatic heterocycles. The first-order valence-corrected chi connectivity index (χ1v) is 8.12. The lowest BCUT2D eigenvalue weighted by atomic mass is 10.1. The molecule has 0 aliphatic heterocycles. The van der Waals surface area contributed by atoms with Crippen molar-refractivity contribution in [2.75, 3.05) is 25.6 Å². The maximum absolute atomic E-state index is 12.5. The minimum absolute atomic E-state index is 0.135. The Morgan fingerprint density at radius 3 is 2.48 bits per heavy atom. The van der Waals surface area contributed by atoms with Crippen molar-refractivity contribution in [3.63, 3.8) is 0 Å². The van der Waals surface area contributed by atoms with Crippen LogP contribution >= 0.6 is 11.6 Å². The van der Waals surface area contributed by atoms with Gasteiger partial charge >= 0.3 is 0 Å². The van der Waals surface area contributed by atoms with Crippen LogP contribution in [0.5, 0.6) is 0 Å². The molecule has 0 unspecified atom stereocenters. The zero-order chi connectivity index (χ0) is 18.4. The second-order valence-corrected chi connectivity index (χ2v) is 5.96. The van der Waals surface area contributed by atoms with Gasteiger partial charge in [0.15, 0.2) is 0 Å². The van der Waals surface area contributed by atoms with Gasteiger partial charge in [-0.15, -0.1) is 0 Å². The number of benzene rings is 1. The van der Waals surface area contributed by atoms with E-state index in [9.17, 15) is 9.59 Å². The van der Waals surface area contributed by atoms with E-state index in [0.717, 1.165) is 11.1 Å². The third-order valence-corrected chi connectivity index (χ3v) is 3.77. The highest BCUT2D eigenvalue weighted by Crippen LogP contribution is 2.27. The van der Waals surface area contributed by atoms with Gasteiger partial charge in [0.05, 0.1) is 17.3 Å². The fraction of sp³-hybridized carbons (Fsp3) is 0.278. The van der Waals surface area contributed by atoms with Gasteiger partial charge in [-0.05, 0) is 43.2 Å². The van der Waals surface area contributed by atoms with E-state index in [4.69, 9.17) is 16.3 Å². The number of hydrogen-bond acceptors (Lipinski definition) is 4. The number of aromatic nitrogens is 1. The van der Waals surface area contributed by atoms with Crippen molar-refractivity contribution in [2.45, 2.75) is 13.8 Å². The standard InChI is InChI=1S/C18H20ClN3O3/c1-11-9-12(2)16(13(19)10-11)22-18(24)15-6-4-5-14(21-15)17(23)20-7-8-25-3/h4-6,9-10H,7-8H2,1-3H3,(H,20,23)(H,22,24). The molecule has 132 valence electrons. The zero-order valence-electron chi connectivity index (χ0n) is 14.4. The first-order valence-electron chi connectivity index (χ1n) is 7.74. The molecule has 2 amide bonds. The molecular formula is C18H20ClN3O3. The molecule has 0 bridgehead atoms. The first kappa shape index (κ1) is 18.9. The summed E-state index contributed by atoms with van der Waals surface area (Å²) < 4.78 is 4.88. The molecule has 6 nitrogen and oxygen atoms in total. The number of carbonyl (C=O) groups is 2. The third-order valence-electron chi connectivity index (χ3n) is 3.48. The molecule has 0 atom stereocenters. The van der Waals surface area contributed by atoms with Gasteiger partial charge in [0.1, 0.15) is 11.4 Å². The molecule has 25 heavy (non-hydrogen) atoms. The number of nitrogens with one attached hydrogen (secondary N) is 2. The smallest absolute Gasteiger partial charge is 0.274 e. The van der Waals surface area contributed by atoms with Gasteiger partial charge in [0.25, 0.3) is 11.8 Å². The van der Waals surface area contributed by atoms with E-state index in [0.29, 0.717) is 23.9 Å². The number of rotatable bonds is 6. The van der Waals surface area contributed by atoms with Crippen LogP contribution in [0.15, 0.2) is 30.3 Å². The fourth-order valence-electron chi connectivity index (χ4n) is 2.30. The summed E-state index contributed by atoms with van der Waals surface area (Å²) in [5, 5.41) is 5.87. The van der Waals surface area contributed by atoms with Crippen molar-refractivity contribution >= 4 is 29.1 Å². The second-order valence-electron chi connectivity index (χ2n) is 5.55. The predicted molar refractivity (Wildman–Crippen MR) is 97.3 cm³/mol. The number of pyridine rings is 1. The van der Waals surface area contributed by atoms with Gasteiger partial charge in [-0.2, -0.15) is 0 Å². The van der Waals surface area contributed by atoms with Crippen molar-refractivity contribution in [3.05, 3.63) is 57.9 Å². The number of aryl methyl sites for hydroxylation is 2. The van der Waals surface area contributed by atoms with Gasteiger partial charge in [-0.1, -0.05) is 23.7 Å². The topological polar surface area (TPSA) is 80.3 Å². The summed E-state index contributed by atoms with van der Waals surface area (Å²) in [6.07, 6.45) is 0. The van der Waals surface area contributed by atoms with Crippen LogP contribution in [0.1, 0.15) is 32.1 Å². The average molecular weight is 362 g/mol. The van der Waals surface area contributed by atoms with Crippen molar-refractivity contribution < 1.29 is 14.3 Å². The van der Waals surface area contributed by atoms with Gasteiger partial charge < -0.3 is 15.4 Å². The van der Waals surface area contributed by atoms with E-state index in [1.807, 2.05) is 19.9 Å². The summed E-state index contributed by atoms with van der Waals surface area (Å²) in [6, 6.07) is 8.39. The van der Waals surface area contributed by atoms with Crippen LogP contribution in [-0.2, 0) is 4.74 Å². The molecular weight excluding hydrogens is 342 g/mol. The summed E-state index contributed by atoms with van der Waals surface area (Å²) in [5.41, 5.74) is 2.69. The Labute approximate surface area is 151 Å². The van der Waals surface area contributed by atoms with Gasteiger partial charge in [0, 0.05) is 13.7 Å². The number of halogens is 1. The van der Waals surface area contributed by atoms with Crippen molar-refractivity contribution in [3.8, 4) is 0 Å². The van der Waals surface area contributed by atoms with E-state index in [1.165, 1.54) is 0 Å². The van der Waals surface area contributed by atoms with Crippen LogP contribution in [0.2, 0.25) is 5.02 Å². The lowest BCUT2D eigenvalue weighted by molar-refractivity contribution is 0.0932. The molecule has 0 saturated heterocycles. The molecule has 0 aliphatic rings. The molecule has 0 radical (unpaired) electrons. The zero-order valence-corrected chi connectivity index (χ0v) is 15.1. The van der Waals surface area contributed by atoms with Crippen molar-refractivity contribution in [1.82, 2.24) is 10.3 Å². The van der Waals surface area contributed by atoms with E-state index in [2.05, 4.69) is 15.6 Å². The van der Waals surface area contributed by atoms with Crippen LogP contribution in [-0.4, -0.2) is 37.1 Å². The van der Waals surface area contributed by atoms with Crippen LogP contribution in [0.25, 0.3) is 0 Å². The normalized spacial score (nSPS) is 10.4. The minimum Gasteiger partial charge on any atom is -0.383 e. The summed E-state index contributed by atoms with van der Waals surface area (Å²) in [5.74, 6) is -0.795. The number of amides is 2. The summed E-state index contributed by atoms with van der Waals surface area (Å²) in [6.45, 7) is 4.56. The first-order chi connectivity index (χ1) is 11.9. The van der Waals surface area contributed by atoms with E-state index < -0.39 is 5.91 Å². The van der Waals surface area contributed by atoms with E-state index in [1.54, 1.807) is 31.4 Å². The highest BCUT2D eigenvalue weighted by Gasteiger charge is 2.15. The molecule has 1 heterocycles.